The SMILES string of the molecule is Cc1ccc(CSc2ccc(S(=O)(=O)N3CCN(C)CC3)cn2)cc1. The molecular formula is C18H23N3O2S2. The molecular weight excluding hydrogens is 354 g/mol. The van der Waals surface area contributed by atoms with Gasteiger partial charge in [0, 0.05) is 38.1 Å². The zero-order valence-corrected chi connectivity index (χ0v) is 16.2. The highest BCUT2D eigenvalue weighted by Crippen LogP contribution is 2.23. The van der Waals surface area contributed by atoms with Crippen molar-refractivity contribution in [1.82, 2.24) is 14.2 Å². The Hall–Kier alpha value is -1.41. The van der Waals surface area contributed by atoms with Gasteiger partial charge in [0.1, 0.15) is 4.90 Å². The second-order valence-electron chi connectivity index (χ2n) is 6.31. The van der Waals surface area contributed by atoms with E-state index in [9.17, 15) is 8.42 Å². The van der Waals surface area contributed by atoms with Crippen molar-refractivity contribution in [3.05, 3.63) is 53.7 Å². The number of sulfonamides is 1. The van der Waals surface area contributed by atoms with Crippen LogP contribution in [-0.2, 0) is 15.8 Å². The third-order valence-electron chi connectivity index (χ3n) is 4.32. The third kappa shape index (κ3) is 4.61. The zero-order chi connectivity index (χ0) is 17.9. The molecule has 1 saturated heterocycles. The Morgan fingerprint density at radius 3 is 2.32 bits per heavy atom. The Kier molecular flexibility index (Phi) is 5.78. The van der Waals surface area contributed by atoms with E-state index in [0.29, 0.717) is 13.1 Å². The first kappa shape index (κ1) is 18.4. The lowest BCUT2D eigenvalue weighted by molar-refractivity contribution is 0.222. The summed E-state index contributed by atoms with van der Waals surface area (Å²) in [5, 5.41) is 0.831. The van der Waals surface area contributed by atoms with Crippen molar-refractivity contribution in [3.63, 3.8) is 0 Å². The van der Waals surface area contributed by atoms with E-state index in [1.165, 1.54) is 17.3 Å². The van der Waals surface area contributed by atoms with Crippen molar-refractivity contribution in [1.29, 1.82) is 0 Å². The van der Waals surface area contributed by atoms with Gasteiger partial charge >= 0.3 is 0 Å². The lowest BCUT2D eigenvalue weighted by Crippen LogP contribution is -2.47. The fourth-order valence-corrected chi connectivity index (χ4v) is 4.79. The number of pyridine rings is 1. The summed E-state index contributed by atoms with van der Waals surface area (Å²) in [5.74, 6) is 0.817. The molecule has 1 fully saturated rings. The lowest BCUT2D eigenvalue weighted by atomic mass is 10.2. The Morgan fingerprint density at radius 1 is 1.04 bits per heavy atom. The van der Waals surface area contributed by atoms with Gasteiger partial charge in [-0.15, -0.1) is 11.8 Å². The number of piperazine rings is 1. The summed E-state index contributed by atoms with van der Waals surface area (Å²) in [5.41, 5.74) is 2.47. The van der Waals surface area contributed by atoms with E-state index in [4.69, 9.17) is 0 Å². The second-order valence-corrected chi connectivity index (χ2v) is 9.25. The molecule has 1 aromatic carbocycles. The van der Waals surface area contributed by atoms with Gasteiger partial charge in [0.2, 0.25) is 10.0 Å². The number of thioether (sulfide) groups is 1. The maximum atomic E-state index is 12.7. The predicted octanol–water partition coefficient (Wildman–Crippen LogP) is 2.62. The largest absolute Gasteiger partial charge is 0.304 e. The standard InChI is InChI=1S/C18H23N3O2S2/c1-15-3-5-16(6-4-15)14-24-18-8-7-17(13-19-18)25(22,23)21-11-9-20(2)10-12-21/h3-8,13H,9-12,14H2,1-2H3. The molecule has 0 spiro atoms. The summed E-state index contributed by atoms with van der Waals surface area (Å²) < 4.78 is 26.9. The van der Waals surface area contributed by atoms with Crippen LogP contribution in [0.3, 0.4) is 0 Å². The molecule has 0 N–H and O–H groups in total. The first-order valence-corrected chi connectivity index (χ1v) is 10.7. The number of nitrogens with zero attached hydrogens (tertiary/aromatic N) is 3. The van der Waals surface area contributed by atoms with Gasteiger partial charge in [-0.3, -0.25) is 0 Å². The summed E-state index contributed by atoms with van der Waals surface area (Å²) in [6.07, 6.45) is 1.48. The summed E-state index contributed by atoms with van der Waals surface area (Å²) in [7, 11) is -1.43. The van der Waals surface area contributed by atoms with Crippen LogP contribution in [0.15, 0.2) is 52.5 Å². The molecule has 25 heavy (non-hydrogen) atoms. The van der Waals surface area contributed by atoms with Crippen molar-refractivity contribution in [2.75, 3.05) is 33.2 Å². The molecule has 3 rings (SSSR count). The number of rotatable bonds is 5. The Labute approximate surface area is 154 Å². The van der Waals surface area contributed by atoms with E-state index in [1.807, 2.05) is 7.05 Å². The molecule has 2 aromatic rings. The normalized spacial score (nSPS) is 16.9. The maximum absolute atomic E-state index is 12.7. The summed E-state index contributed by atoms with van der Waals surface area (Å²) in [6, 6.07) is 11.9. The summed E-state index contributed by atoms with van der Waals surface area (Å²) in [4.78, 5) is 6.74. The van der Waals surface area contributed by atoms with Gasteiger partial charge in [-0.1, -0.05) is 29.8 Å². The highest BCUT2D eigenvalue weighted by Gasteiger charge is 2.27. The third-order valence-corrected chi connectivity index (χ3v) is 7.21. The van der Waals surface area contributed by atoms with E-state index < -0.39 is 10.0 Å². The molecule has 0 atom stereocenters. The number of hydrogen-bond donors (Lipinski definition) is 0. The van der Waals surface area contributed by atoms with Gasteiger partial charge in [-0.25, -0.2) is 13.4 Å². The molecule has 1 aromatic heterocycles. The van der Waals surface area contributed by atoms with Crippen molar-refractivity contribution >= 4 is 21.8 Å². The fourth-order valence-electron chi connectivity index (χ4n) is 2.62. The van der Waals surface area contributed by atoms with Crippen molar-refractivity contribution in [2.45, 2.75) is 22.6 Å². The number of hydrogen-bond acceptors (Lipinski definition) is 5. The molecule has 0 unspecified atom stereocenters. The van der Waals surface area contributed by atoms with E-state index in [2.05, 4.69) is 41.1 Å². The molecule has 0 amide bonds. The van der Waals surface area contributed by atoms with E-state index in [1.54, 1.807) is 28.2 Å². The van der Waals surface area contributed by atoms with Crippen LogP contribution in [0.5, 0.6) is 0 Å². The van der Waals surface area contributed by atoms with E-state index >= 15 is 0 Å². The van der Waals surface area contributed by atoms with Crippen LogP contribution in [0.2, 0.25) is 0 Å². The van der Waals surface area contributed by atoms with Crippen LogP contribution >= 0.6 is 11.8 Å². The molecule has 0 radical (unpaired) electrons. The van der Waals surface area contributed by atoms with Crippen LogP contribution in [0.25, 0.3) is 0 Å². The van der Waals surface area contributed by atoms with E-state index in [0.717, 1.165) is 23.9 Å². The van der Waals surface area contributed by atoms with Crippen LogP contribution < -0.4 is 0 Å². The van der Waals surface area contributed by atoms with E-state index in [-0.39, 0.29) is 4.90 Å². The van der Waals surface area contributed by atoms with Crippen LogP contribution in [0.1, 0.15) is 11.1 Å². The Balaban J connectivity index is 1.64. The van der Waals surface area contributed by atoms with Crippen molar-refractivity contribution in [2.24, 2.45) is 0 Å². The molecule has 0 saturated carbocycles. The van der Waals surface area contributed by atoms with Gasteiger partial charge in [0.25, 0.3) is 0 Å². The minimum Gasteiger partial charge on any atom is -0.304 e. The minimum atomic E-state index is -3.44. The molecule has 0 bridgehead atoms. The monoisotopic (exact) mass is 377 g/mol. The van der Waals surface area contributed by atoms with Crippen LogP contribution in [0.4, 0.5) is 0 Å². The first-order chi connectivity index (χ1) is 11.9. The fraction of sp³-hybridized carbons (Fsp3) is 0.389. The van der Waals surface area contributed by atoms with Gasteiger partial charge < -0.3 is 4.90 Å². The van der Waals surface area contributed by atoms with Crippen molar-refractivity contribution in [3.8, 4) is 0 Å². The van der Waals surface area contributed by atoms with Crippen molar-refractivity contribution < 1.29 is 8.42 Å². The predicted molar refractivity (Wildman–Crippen MR) is 101 cm³/mol. The highest BCUT2D eigenvalue weighted by molar-refractivity contribution is 7.98. The number of aromatic nitrogens is 1. The van der Waals surface area contributed by atoms with Gasteiger partial charge in [-0.05, 0) is 31.7 Å². The number of aryl methyl sites for hydroxylation is 1. The highest BCUT2D eigenvalue weighted by atomic mass is 32.2. The van der Waals surface area contributed by atoms with Gasteiger partial charge in [0.15, 0.2) is 0 Å². The van der Waals surface area contributed by atoms with Gasteiger partial charge in [0.05, 0.1) is 5.03 Å². The molecule has 1 aliphatic rings. The smallest absolute Gasteiger partial charge is 0.244 e. The average molecular weight is 378 g/mol. The lowest BCUT2D eigenvalue weighted by Gasteiger charge is -2.31. The maximum Gasteiger partial charge on any atom is 0.244 e. The summed E-state index contributed by atoms with van der Waals surface area (Å²) >= 11 is 1.61. The number of likely N-dealkylation sites (N-methyl/N-ethyl adjacent to an activating group) is 1. The topological polar surface area (TPSA) is 53.5 Å². The second kappa shape index (κ2) is 7.86. The molecule has 1 aliphatic heterocycles. The molecule has 5 nitrogen and oxygen atoms in total. The Bertz CT molecular complexity index is 797. The summed E-state index contributed by atoms with van der Waals surface area (Å²) in [6.45, 7) is 4.65. The molecule has 2 heterocycles. The molecule has 0 aliphatic carbocycles. The Morgan fingerprint density at radius 2 is 1.72 bits per heavy atom. The zero-order valence-electron chi connectivity index (χ0n) is 14.6. The number of benzene rings is 1. The molecule has 7 heteroatoms. The molecule has 134 valence electrons. The van der Waals surface area contributed by atoms with Crippen LogP contribution in [-0.4, -0.2) is 55.8 Å². The quantitative estimate of drug-likeness (QED) is 0.750. The van der Waals surface area contributed by atoms with Crippen LogP contribution in [0, 0.1) is 6.92 Å². The average Bonchev–Trinajstić information content (AvgIpc) is 2.62. The minimum absolute atomic E-state index is 0.275. The first-order valence-electron chi connectivity index (χ1n) is 8.28. The van der Waals surface area contributed by atoms with Gasteiger partial charge in [-0.2, -0.15) is 4.31 Å².